The Kier molecular flexibility index (Phi) is 6.29. The number of nitrogens with two attached hydrogens (primary N) is 1. The number of rotatable bonds is 2. The maximum atomic E-state index is 5.33. The predicted molar refractivity (Wildman–Crippen MR) is 72.0 cm³/mol. The number of benzene rings is 1. The van der Waals surface area contributed by atoms with Gasteiger partial charge in [0.25, 0.3) is 0 Å². The van der Waals surface area contributed by atoms with Gasteiger partial charge in [-0.1, -0.05) is 18.2 Å². The fraction of sp³-hybridized carbons (Fsp3) is 0.182. The van der Waals surface area contributed by atoms with E-state index in [0.717, 1.165) is 16.6 Å². The molecule has 0 unspecified atom stereocenters. The standard InChI is InChI=1S/C11H13N3.2ClH/c1-8-6-9(7-13-12)10-4-2-3-5-11(10)14-8;;/h2-6,13H,7,12H2,1H3;2*1H. The molecule has 0 aliphatic rings. The van der Waals surface area contributed by atoms with Crippen molar-refractivity contribution in [3.63, 3.8) is 0 Å². The summed E-state index contributed by atoms with van der Waals surface area (Å²) in [5.74, 6) is 5.33. The zero-order valence-electron chi connectivity index (χ0n) is 8.93. The Morgan fingerprint density at radius 2 is 1.94 bits per heavy atom. The molecule has 0 saturated heterocycles. The van der Waals surface area contributed by atoms with Crippen LogP contribution in [0.25, 0.3) is 10.9 Å². The number of hydrogen-bond donors (Lipinski definition) is 2. The van der Waals surface area contributed by atoms with E-state index in [1.165, 1.54) is 5.56 Å². The first-order valence-electron chi connectivity index (χ1n) is 4.60. The minimum Gasteiger partial charge on any atom is -0.271 e. The number of nitrogens with zero attached hydrogens (tertiary/aromatic N) is 1. The largest absolute Gasteiger partial charge is 0.271 e. The molecule has 3 N–H and O–H groups in total. The number of aromatic nitrogens is 1. The number of halogens is 2. The Bertz CT molecular complexity index is 460. The summed E-state index contributed by atoms with van der Waals surface area (Å²) in [6.45, 7) is 2.66. The maximum Gasteiger partial charge on any atom is 0.0708 e. The van der Waals surface area contributed by atoms with Gasteiger partial charge in [-0.05, 0) is 24.6 Å². The molecule has 88 valence electrons. The molecule has 16 heavy (non-hydrogen) atoms. The molecule has 2 aromatic rings. The van der Waals surface area contributed by atoms with Crippen LogP contribution in [-0.4, -0.2) is 4.98 Å². The second-order valence-electron chi connectivity index (χ2n) is 3.32. The second-order valence-corrected chi connectivity index (χ2v) is 3.32. The van der Waals surface area contributed by atoms with Gasteiger partial charge in [0.2, 0.25) is 0 Å². The molecule has 0 radical (unpaired) electrons. The normalized spacial score (nSPS) is 9.38. The number of fused-ring (bicyclic) bond motifs is 1. The van der Waals surface area contributed by atoms with Crippen molar-refractivity contribution in [1.82, 2.24) is 10.4 Å². The molecule has 3 nitrogen and oxygen atoms in total. The molecular formula is C11H15Cl2N3. The van der Waals surface area contributed by atoms with Crippen molar-refractivity contribution < 1.29 is 0 Å². The Labute approximate surface area is 107 Å². The highest BCUT2D eigenvalue weighted by atomic mass is 35.5. The molecule has 1 aromatic carbocycles. The summed E-state index contributed by atoms with van der Waals surface area (Å²) in [5.41, 5.74) is 5.91. The van der Waals surface area contributed by atoms with Gasteiger partial charge in [-0.3, -0.25) is 16.3 Å². The average Bonchev–Trinajstić information content (AvgIpc) is 2.18. The molecule has 0 saturated carbocycles. The van der Waals surface area contributed by atoms with Crippen molar-refractivity contribution in [1.29, 1.82) is 0 Å². The summed E-state index contributed by atoms with van der Waals surface area (Å²) in [4.78, 5) is 4.45. The van der Waals surface area contributed by atoms with Gasteiger partial charge < -0.3 is 0 Å². The van der Waals surface area contributed by atoms with Crippen LogP contribution < -0.4 is 11.3 Å². The summed E-state index contributed by atoms with van der Waals surface area (Å²) >= 11 is 0. The fourth-order valence-electron chi connectivity index (χ4n) is 1.65. The first kappa shape index (κ1) is 15.1. The van der Waals surface area contributed by atoms with Crippen LogP contribution in [0.1, 0.15) is 11.3 Å². The Balaban J connectivity index is 0.00000112. The van der Waals surface area contributed by atoms with Gasteiger partial charge in [0.05, 0.1) is 5.52 Å². The molecular weight excluding hydrogens is 245 g/mol. The van der Waals surface area contributed by atoms with E-state index in [-0.39, 0.29) is 24.8 Å². The van der Waals surface area contributed by atoms with E-state index < -0.39 is 0 Å². The zero-order valence-corrected chi connectivity index (χ0v) is 10.6. The number of hydrogen-bond acceptors (Lipinski definition) is 3. The van der Waals surface area contributed by atoms with Crippen LogP contribution in [0.15, 0.2) is 30.3 Å². The van der Waals surface area contributed by atoms with Crippen LogP contribution in [0.4, 0.5) is 0 Å². The molecule has 0 spiro atoms. The molecule has 0 atom stereocenters. The number of hydrazine groups is 1. The molecule has 1 aromatic heterocycles. The summed E-state index contributed by atoms with van der Waals surface area (Å²) in [6.07, 6.45) is 0. The predicted octanol–water partition coefficient (Wildman–Crippen LogP) is 2.35. The SMILES string of the molecule is Cc1cc(CNN)c2ccccc2n1.Cl.Cl. The van der Waals surface area contributed by atoms with Gasteiger partial charge in [0, 0.05) is 17.6 Å². The molecule has 2 rings (SSSR count). The van der Waals surface area contributed by atoms with Crippen molar-refractivity contribution in [3.8, 4) is 0 Å². The van der Waals surface area contributed by atoms with Gasteiger partial charge in [0.15, 0.2) is 0 Å². The van der Waals surface area contributed by atoms with Crippen LogP contribution in [-0.2, 0) is 6.54 Å². The Morgan fingerprint density at radius 3 is 2.62 bits per heavy atom. The lowest BCUT2D eigenvalue weighted by Crippen LogP contribution is -2.21. The minimum absolute atomic E-state index is 0. The lowest BCUT2D eigenvalue weighted by atomic mass is 10.1. The lowest BCUT2D eigenvalue weighted by Gasteiger charge is -2.06. The summed E-state index contributed by atoms with van der Waals surface area (Å²) in [5, 5.41) is 1.16. The third-order valence-electron chi connectivity index (χ3n) is 2.22. The molecule has 0 fully saturated rings. The second kappa shape index (κ2) is 6.66. The third kappa shape index (κ3) is 3.06. The summed E-state index contributed by atoms with van der Waals surface area (Å²) in [6, 6.07) is 10.1. The van der Waals surface area contributed by atoms with Crippen LogP contribution >= 0.6 is 24.8 Å². The minimum atomic E-state index is 0. The first-order chi connectivity index (χ1) is 6.81. The molecule has 0 amide bonds. The third-order valence-corrected chi connectivity index (χ3v) is 2.22. The van der Waals surface area contributed by atoms with E-state index in [9.17, 15) is 0 Å². The number of nitrogens with one attached hydrogen (secondary N) is 1. The van der Waals surface area contributed by atoms with E-state index in [2.05, 4.69) is 22.5 Å². The van der Waals surface area contributed by atoms with E-state index >= 15 is 0 Å². The Morgan fingerprint density at radius 1 is 1.25 bits per heavy atom. The van der Waals surface area contributed by atoms with Gasteiger partial charge >= 0.3 is 0 Å². The smallest absolute Gasteiger partial charge is 0.0708 e. The quantitative estimate of drug-likeness (QED) is 0.643. The number of para-hydroxylation sites is 1. The van der Waals surface area contributed by atoms with Gasteiger partial charge in [-0.2, -0.15) is 0 Å². The topological polar surface area (TPSA) is 50.9 Å². The molecule has 5 heteroatoms. The zero-order chi connectivity index (χ0) is 9.97. The molecule has 0 aliphatic carbocycles. The number of pyridine rings is 1. The van der Waals surface area contributed by atoms with Crippen molar-refractivity contribution >= 4 is 35.7 Å². The van der Waals surface area contributed by atoms with E-state index in [4.69, 9.17) is 5.84 Å². The van der Waals surface area contributed by atoms with Crippen LogP contribution in [0.2, 0.25) is 0 Å². The van der Waals surface area contributed by atoms with Crippen molar-refractivity contribution in [2.75, 3.05) is 0 Å². The van der Waals surface area contributed by atoms with Gasteiger partial charge in [0.1, 0.15) is 0 Å². The first-order valence-corrected chi connectivity index (χ1v) is 4.60. The fourth-order valence-corrected chi connectivity index (χ4v) is 1.65. The van der Waals surface area contributed by atoms with Crippen molar-refractivity contribution in [2.24, 2.45) is 5.84 Å². The van der Waals surface area contributed by atoms with Crippen LogP contribution in [0, 0.1) is 6.92 Å². The van der Waals surface area contributed by atoms with Crippen LogP contribution in [0.3, 0.4) is 0 Å². The highest BCUT2D eigenvalue weighted by Gasteiger charge is 2.01. The summed E-state index contributed by atoms with van der Waals surface area (Å²) in [7, 11) is 0. The highest BCUT2D eigenvalue weighted by Crippen LogP contribution is 2.17. The van der Waals surface area contributed by atoms with E-state index in [0.29, 0.717) is 6.54 Å². The van der Waals surface area contributed by atoms with Crippen molar-refractivity contribution in [2.45, 2.75) is 13.5 Å². The van der Waals surface area contributed by atoms with Gasteiger partial charge in [-0.25, -0.2) is 0 Å². The molecule has 0 aliphatic heterocycles. The molecule has 1 heterocycles. The van der Waals surface area contributed by atoms with Crippen LogP contribution in [0.5, 0.6) is 0 Å². The number of aryl methyl sites for hydroxylation is 1. The lowest BCUT2D eigenvalue weighted by molar-refractivity contribution is 0.744. The summed E-state index contributed by atoms with van der Waals surface area (Å²) < 4.78 is 0. The molecule has 0 bridgehead atoms. The Hall–Kier alpha value is -0.870. The van der Waals surface area contributed by atoms with Crippen molar-refractivity contribution in [3.05, 3.63) is 41.6 Å². The highest BCUT2D eigenvalue weighted by molar-refractivity contribution is 5.85. The average molecular weight is 260 g/mol. The maximum absolute atomic E-state index is 5.33. The van der Waals surface area contributed by atoms with Gasteiger partial charge in [-0.15, -0.1) is 24.8 Å². The van der Waals surface area contributed by atoms with E-state index in [1.54, 1.807) is 0 Å². The van der Waals surface area contributed by atoms with E-state index in [1.807, 2.05) is 25.1 Å². The monoisotopic (exact) mass is 259 g/mol.